The number of ketones is 1. The Balaban J connectivity index is 2.16. The van der Waals surface area contributed by atoms with Crippen LogP contribution >= 0.6 is 23.1 Å². The summed E-state index contributed by atoms with van der Waals surface area (Å²) in [4.78, 5) is 17.3. The highest BCUT2D eigenvalue weighted by Gasteiger charge is 2.36. The average molecular weight is 296 g/mol. The van der Waals surface area contributed by atoms with Crippen molar-refractivity contribution >= 4 is 28.9 Å². The minimum atomic E-state index is -4.48. The minimum absolute atomic E-state index is 0.0849. The Labute approximate surface area is 110 Å². The van der Waals surface area contributed by atoms with E-state index in [0.29, 0.717) is 17.1 Å². The van der Waals surface area contributed by atoms with E-state index in [0.717, 1.165) is 18.5 Å². The number of Topliss-reactive ketones (excluding diaryl/α,β-unsaturated/α-hetero) is 1. The molecule has 1 saturated heterocycles. The molecule has 1 unspecified atom stereocenters. The lowest BCUT2D eigenvalue weighted by molar-refractivity contribution is -0.137. The maximum atomic E-state index is 12.4. The number of nitrogens with zero attached hydrogens (tertiary/aromatic N) is 2. The van der Waals surface area contributed by atoms with Crippen molar-refractivity contribution in [3.05, 3.63) is 16.1 Å². The van der Waals surface area contributed by atoms with Gasteiger partial charge in [0.15, 0.2) is 10.8 Å². The number of hydrogen-bond acceptors (Lipinski definition) is 5. The molecule has 1 atom stereocenters. The second kappa shape index (κ2) is 5.18. The number of alkyl halides is 3. The molecule has 1 aliphatic rings. The molecule has 0 bridgehead atoms. The number of thioether (sulfide) groups is 1. The maximum absolute atomic E-state index is 12.4. The third kappa shape index (κ3) is 2.86. The number of likely N-dealkylation sites (N-methyl/N-ethyl adjacent to an activating group) is 1. The molecule has 0 saturated carbocycles. The Morgan fingerprint density at radius 2 is 2.28 bits per heavy atom. The molecule has 0 spiro atoms. The molecule has 0 N–H and O–H groups in total. The van der Waals surface area contributed by atoms with Gasteiger partial charge in [0.25, 0.3) is 0 Å². The second-order valence-electron chi connectivity index (χ2n) is 3.96. The molecule has 2 heterocycles. The van der Waals surface area contributed by atoms with Crippen LogP contribution < -0.4 is 0 Å². The van der Waals surface area contributed by atoms with E-state index >= 15 is 0 Å². The average Bonchev–Trinajstić information content (AvgIpc) is 2.77. The molecule has 1 aromatic heterocycles. The summed E-state index contributed by atoms with van der Waals surface area (Å²) in [5.41, 5.74) is 0. The standard InChI is InChI=1S/C10H11F3N2OS2/c1-15-2-3-17-5-6(15)8(16)7-4-14-9(18-7)10(11,12)13/h4,6H,2-3,5H2,1H3. The lowest BCUT2D eigenvalue weighted by atomic mass is 10.1. The van der Waals surface area contributed by atoms with Gasteiger partial charge in [-0.15, -0.1) is 11.3 Å². The van der Waals surface area contributed by atoms with Crippen molar-refractivity contribution in [2.75, 3.05) is 25.1 Å². The van der Waals surface area contributed by atoms with Gasteiger partial charge in [-0.25, -0.2) is 4.98 Å². The molecule has 1 fully saturated rings. The van der Waals surface area contributed by atoms with E-state index in [1.165, 1.54) is 0 Å². The summed E-state index contributed by atoms with van der Waals surface area (Å²) in [7, 11) is 1.81. The number of aromatic nitrogens is 1. The smallest absolute Gasteiger partial charge is 0.295 e. The second-order valence-corrected chi connectivity index (χ2v) is 6.14. The van der Waals surface area contributed by atoms with Gasteiger partial charge in [0.1, 0.15) is 0 Å². The van der Waals surface area contributed by atoms with Crippen molar-refractivity contribution < 1.29 is 18.0 Å². The SMILES string of the molecule is CN1CCSCC1C(=O)c1cnc(C(F)(F)F)s1. The highest BCUT2D eigenvalue weighted by Crippen LogP contribution is 2.33. The number of hydrogen-bond donors (Lipinski definition) is 0. The number of carbonyl (C=O) groups is 1. The summed E-state index contributed by atoms with van der Waals surface area (Å²) >= 11 is 2.06. The van der Waals surface area contributed by atoms with Gasteiger partial charge in [0.2, 0.25) is 0 Å². The van der Waals surface area contributed by atoms with Crippen molar-refractivity contribution in [2.45, 2.75) is 12.2 Å². The first kappa shape index (κ1) is 13.8. The fraction of sp³-hybridized carbons (Fsp3) is 0.600. The monoisotopic (exact) mass is 296 g/mol. The van der Waals surface area contributed by atoms with E-state index in [9.17, 15) is 18.0 Å². The first-order valence-electron chi connectivity index (χ1n) is 5.25. The lowest BCUT2D eigenvalue weighted by Crippen LogP contribution is -2.44. The topological polar surface area (TPSA) is 33.2 Å². The van der Waals surface area contributed by atoms with Gasteiger partial charge < -0.3 is 0 Å². The van der Waals surface area contributed by atoms with E-state index in [-0.39, 0.29) is 16.7 Å². The van der Waals surface area contributed by atoms with Crippen molar-refractivity contribution in [2.24, 2.45) is 0 Å². The molecular weight excluding hydrogens is 285 g/mol. The quantitative estimate of drug-likeness (QED) is 0.785. The molecule has 0 amide bonds. The van der Waals surface area contributed by atoms with E-state index in [4.69, 9.17) is 0 Å². The predicted octanol–water partition coefficient (Wildman–Crippen LogP) is 2.39. The van der Waals surface area contributed by atoms with E-state index in [1.807, 2.05) is 11.9 Å². The van der Waals surface area contributed by atoms with Crippen molar-refractivity contribution in [1.82, 2.24) is 9.88 Å². The predicted molar refractivity (Wildman–Crippen MR) is 65.2 cm³/mol. The van der Waals surface area contributed by atoms with E-state index in [1.54, 1.807) is 11.8 Å². The van der Waals surface area contributed by atoms with Gasteiger partial charge in [0.05, 0.1) is 10.9 Å². The lowest BCUT2D eigenvalue weighted by Gasteiger charge is -2.30. The van der Waals surface area contributed by atoms with Crippen molar-refractivity contribution in [3.8, 4) is 0 Å². The van der Waals surface area contributed by atoms with Gasteiger partial charge in [-0.2, -0.15) is 24.9 Å². The van der Waals surface area contributed by atoms with E-state index < -0.39 is 11.2 Å². The summed E-state index contributed by atoms with van der Waals surface area (Å²) < 4.78 is 37.2. The molecule has 0 aliphatic carbocycles. The van der Waals surface area contributed by atoms with Crippen LogP contribution in [0.25, 0.3) is 0 Å². The first-order valence-corrected chi connectivity index (χ1v) is 7.22. The van der Waals surface area contributed by atoms with Crippen molar-refractivity contribution in [3.63, 3.8) is 0 Å². The van der Waals surface area contributed by atoms with Crippen LogP contribution in [0.3, 0.4) is 0 Å². The van der Waals surface area contributed by atoms with Crippen molar-refractivity contribution in [1.29, 1.82) is 0 Å². The molecule has 8 heteroatoms. The van der Waals surface area contributed by atoms with Crippen LogP contribution in [-0.2, 0) is 6.18 Å². The zero-order chi connectivity index (χ0) is 13.3. The Morgan fingerprint density at radius 3 is 2.83 bits per heavy atom. The van der Waals surface area contributed by atoms with Crippen LogP contribution in [0.4, 0.5) is 13.2 Å². The molecule has 2 rings (SSSR count). The summed E-state index contributed by atoms with van der Waals surface area (Å²) in [6.07, 6.45) is -3.45. The van der Waals surface area contributed by atoms with Gasteiger partial charge >= 0.3 is 6.18 Å². The Bertz CT molecular complexity index is 447. The molecule has 1 aromatic rings. The highest BCUT2D eigenvalue weighted by molar-refractivity contribution is 7.99. The molecule has 0 radical (unpaired) electrons. The molecule has 100 valence electrons. The van der Waals surface area contributed by atoms with Crippen LogP contribution in [0.2, 0.25) is 0 Å². The molecule has 18 heavy (non-hydrogen) atoms. The third-order valence-electron chi connectivity index (χ3n) is 2.69. The molecule has 0 aromatic carbocycles. The minimum Gasteiger partial charge on any atom is -0.295 e. The third-order valence-corrected chi connectivity index (χ3v) is 4.77. The maximum Gasteiger partial charge on any atom is 0.443 e. The molecule has 1 aliphatic heterocycles. The number of rotatable bonds is 2. The highest BCUT2D eigenvalue weighted by atomic mass is 32.2. The summed E-state index contributed by atoms with van der Waals surface area (Å²) in [6, 6.07) is -0.342. The van der Waals surface area contributed by atoms with E-state index in [2.05, 4.69) is 4.98 Å². The Hall–Kier alpha value is -0.600. The zero-order valence-corrected chi connectivity index (χ0v) is 11.2. The fourth-order valence-electron chi connectivity index (χ4n) is 1.65. The van der Waals surface area contributed by atoms with Crippen LogP contribution in [0.1, 0.15) is 14.7 Å². The van der Waals surface area contributed by atoms with Gasteiger partial charge in [-0.3, -0.25) is 9.69 Å². The summed E-state index contributed by atoms with van der Waals surface area (Å²) in [5, 5.41) is -0.961. The molecule has 3 nitrogen and oxygen atoms in total. The number of halogens is 3. The van der Waals surface area contributed by atoms with Gasteiger partial charge in [0, 0.05) is 24.2 Å². The first-order chi connectivity index (χ1) is 8.39. The summed E-state index contributed by atoms with van der Waals surface area (Å²) in [6.45, 7) is 0.770. The summed E-state index contributed by atoms with van der Waals surface area (Å²) in [5.74, 6) is 1.29. The number of thiazole rings is 1. The van der Waals surface area contributed by atoms with Crippen LogP contribution in [0, 0.1) is 0 Å². The van der Waals surface area contributed by atoms with Crippen LogP contribution in [0.5, 0.6) is 0 Å². The Kier molecular flexibility index (Phi) is 3.98. The largest absolute Gasteiger partial charge is 0.443 e. The van der Waals surface area contributed by atoms with Crippen LogP contribution in [0.15, 0.2) is 6.20 Å². The number of carbonyl (C=O) groups excluding carboxylic acids is 1. The molecular formula is C10H11F3N2OS2. The van der Waals surface area contributed by atoms with Crippen LogP contribution in [-0.4, -0.2) is 46.8 Å². The van der Waals surface area contributed by atoms with Gasteiger partial charge in [-0.05, 0) is 7.05 Å². The Morgan fingerprint density at radius 1 is 1.56 bits per heavy atom. The van der Waals surface area contributed by atoms with Gasteiger partial charge in [-0.1, -0.05) is 0 Å². The normalized spacial score (nSPS) is 22.1. The zero-order valence-electron chi connectivity index (χ0n) is 9.53. The fourth-order valence-corrected chi connectivity index (χ4v) is 3.63.